The normalized spacial score (nSPS) is 14.4. The average Bonchev–Trinajstić information content (AvgIpc) is 2.95. The van der Waals surface area contributed by atoms with Gasteiger partial charge in [-0.2, -0.15) is 4.31 Å². The molecular formula is C29H29ClN4O3S. The number of piperazine rings is 1. The summed E-state index contributed by atoms with van der Waals surface area (Å²) in [5, 5.41) is 0.653. The van der Waals surface area contributed by atoms with E-state index in [-0.39, 0.29) is 4.90 Å². The Morgan fingerprint density at radius 1 is 0.868 bits per heavy atom. The topological polar surface area (TPSA) is 75.6 Å². The van der Waals surface area contributed by atoms with Crippen molar-refractivity contribution in [2.24, 2.45) is 0 Å². The van der Waals surface area contributed by atoms with E-state index in [1.165, 1.54) is 9.87 Å². The molecule has 0 radical (unpaired) electrons. The molecule has 3 aromatic carbocycles. The lowest BCUT2D eigenvalue weighted by Crippen LogP contribution is -2.49. The smallest absolute Gasteiger partial charge is 0.243 e. The highest BCUT2D eigenvalue weighted by Crippen LogP contribution is 2.30. The summed E-state index contributed by atoms with van der Waals surface area (Å²) in [5.74, 6) is 2.09. The fraction of sp³-hybridized carbons (Fsp3) is 0.241. The van der Waals surface area contributed by atoms with Crippen LogP contribution in [-0.4, -0.2) is 56.0 Å². The molecule has 0 N–H and O–H groups in total. The molecule has 0 aliphatic carbocycles. The third kappa shape index (κ3) is 5.53. The minimum Gasteiger partial charge on any atom is -0.497 e. The number of halogens is 1. The Labute approximate surface area is 228 Å². The van der Waals surface area contributed by atoms with Gasteiger partial charge in [0, 0.05) is 54.4 Å². The Kier molecular flexibility index (Phi) is 7.65. The Bertz CT molecular complexity index is 1500. The monoisotopic (exact) mass is 548 g/mol. The van der Waals surface area contributed by atoms with Gasteiger partial charge in [0.2, 0.25) is 10.0 Å². The minimum absolute atomic E-state index is 0.263. The summed E-state index contributed by atoms with van der Waals surface area (Å²) in [4.78, 5) is 12.3. The number of hydrogen-bond donors (Lipinski definition) is 0. The number of aryl methyl sites for hydroxylation is 1. The maximum absolute atomic E-state index is 13.3. The number of hydrogen-bond acceptors (Lipinski definition) is 6. The van der Waals surface area contributed by atoms with Gasteiger partial charge >= 0.3 is 0 Å². The lowest BCUT2D eigenvalue weighted by molar-refractivity contribution is 0.383. The third-order valence-electron chi connectivity index (χ3n) is 6.75. The molecule has 5 rings (SSSR count). The fourth-order valence-electron chi connectivity index (χ4n) is 4.61. The second kappa shape index (κ2) is 11.1. The van der Waals surface area contributed by atoms with E-state index in [1.54, 1.807) is 31.4 Å². The molecule has 1 aliphatic heterocycles. The van der Waals surface area contributed by atoms with Crippen molar-refractivity contribution in [3.63, 3.8) is 0 Å². The van der Waals surface area contributed by atoms with E-state index >= 15 is 0 Å². The first-order valence-corrected chi connectivity index (χ1v) is 14.2. The quantitative estimate of drug-likeness (QED) is 0.315. The maximum Gasteiger partial charge on any atom is 0.243 e. The van der Waals surface area contributed by atoms with Crippen LogP contribution < -0.4 is 9.64 Å². The molecule has 2 heterocycles. The number of benzene rings is 3. The van der Waals surface area contributed by atoms with E-state index in [2.05, 4.69) is 17.0 Å². The molecule has 1 aromatic heterocycles. The second-order valence-corrected chi connectivity index (χ2v) is 11.5. The van der Waals surface area contributed by atoms with Crippen LogP contribution in [-0.2, 0) is 16.4 Å². The van der Waals surface area contributed by atoms with E-state index in [4.69, 9.17) is 26.3 Å². The second-order valence-electron chi connectivity index (χ2n) is 9.17. The van der Waals surface area contributed by atoms with Gasteiger partial charge in [-0.05, 0) is 61.0 Å². The van der Waals surface area contributed by atoms with E-state index < -0.39 is 10.0 Å². The fourth-order valence-corrected chi connectivity index (χ4v) is 6.16. The molecule has 1 saturated heterocycles. The predicted octanol–water partition coefficient (Wildman–Crippen LogP) is 5.22. The molecular weight excluding hydrogens is 520 g/mol. The molecule has 0 spiro atoms. The molecule has 9 heteroatoms. The van der Waals surface area contributed by atoms with Crippen molar-refractivity contribution < 1.29 is 13.2 Å². The zero-order valence-corrected chi connectivity index (χ0v) is 22.9. The zero-order chi connectivity index (χ0) is 26.7. The summed E-state index contributed by atoms with van der Waals surface area (Å²) in [6.07, 6.45) is 0.688. The van der Waals surface area contributed by atoms with Crippen LogP contribution in [0.4, 0.5) is 5.82 Å². The van der Waals surface area contributed by atoms with Crippen LogP contribution >= 0.6 is 11.6 Å². The van der Waals surface area contributed by atoms with Crippen molar-refractivity contribution in [1.82, 2.24) is 14.3 Å². The number of nitrogens with zero attached hydrogens (tertiary/aromatic N) is 4. The van der Waals surface area contributed by atoms with Crippen molar-refractivity contribution in [3.05, 3.63) is 101 Å². The third-order valence-corrected chi connectivity index (χ3v) is 8.92. The van der Waals surface area contributed by atoms with Crippen molar-refractivity contribution in [2.75, 3.05) is 38.2 Å². The van der Waals surface area contributed by atoms with Crippen LogP contribution in [0, 0.1) is 6.92 Å². The highest BCUT2D eigenvalue weighted by Gasteiger charge is 2.30. The van der Waals surface area contributed by atoms with Crippen LogP contribution in [0.3, 0.4) is 0 Å². The molecule has 1 aliphatic rings. The van der Waals surface area contributed by atoms with E-state index in [0.29, 0.717) is 49.2 Å². The first-order valence-electron chi connectivity index (χ1n) is 12.4. The molecule has 0 saturated carbocycles. The largest absolute Gasteiger partial charge is 0.497 e. The first kappa shape index (κ1) is 26.2. The molecule has 0 atom stereocenters. The van der Waals surface area contributed by atoms with Gasteiger partial charge < -0.3 is 9.64 Å². The minimum atomic E-state index is -3.61. The van der Waals surface area contributed by atoms with Crippen LogP contribution in [0.2, 0.25) is 5.02 Å². The van der Waals surface area contributed by atoms with Crippen LogP contribution in [0.25, 0.3) is 11.4 Å². The van der Waals surface area contributed by atoms with Gasteiger partial charge in [0.1, 0.15) is 11.6 Å². The van der Waals surface area contributed by atoms with E-state index in [0.717, 1.165) is 22.6 Å². The summed E-state index contributed by atoms with van der Waals surface area (Å²) in [6.45, 7) is 3.77. The summed E-state index contributed by atoms with van der Waals surface area (Å²) in [6, 6.07) is 24.2. The van der Waals surface area contributed by atoms with Gasteiger partial charge in [-0.25, -0.2) is 18.4 Å². The number of methoxy groups -OCH3 is 1. The molecule has 7 nitrogen and oxygen atoms in total. The number of anilines is 1. The summed E-state index contributed by atoms with van der Waals surface area (Å²) >= 11 is 6.10. The zero-order valence-electron chi connectivity index (χ0n) is 21.3. The van der Waals surface area contributed by atoms with Gasteiger partial charge in [-0.3, -0.25) is 0 Å². The standard InChI is InChI=1S/C29H29ClN4O3S/c1-21-27(20-22-6-4-3-5-7-22)29(32-28(31-21)23-8-10-24(30)11-9-23)33-16-18-34(19-17-33)38(35,36)26-14-12-25(37-2)13-15-26/h3-15H,16-20H2,1-2H3. The van der Waals surface area contributed by atoms with Crippen LogP contribution in [0.1, 0.15) is 16.8 Å². The Hall–Kier alpha value is -3.46. The Morgan fingerprint density at radius 3 is 2.16 bits per heavy atom. The van der Waals surface area contributed by atoms with Crippen LogP contribution in [0.5, 0.6) is 5.75 Å². The Morgan fingerprint density at radius 2 is 1.53 bits per heavy atom. The average molecular weight is 549 g/mol. The first-order chi connectivity index (χ1) is 18.3. The highest BCUT2D eigenvalue weighted by atomic mass is 35.5. The highest BCUT2D eigenvalue weighted by molar-refractivity contribution is 7.89. The molecule has 38 heavy (non-hydrogen) atoms. The number of sulfonamides is 1. The molecule has 196 valence electrons. The summed E-state index contributed by atoms with van der Waals surface area (Å²) in [7, 11) is -2.05. The molecule has 1 fully saturated rings. The van der Waals surface area contributed by atoms with Crippen molar-refractivity contribution >= 4 is 27.4 Å². The molecule has 0 unspecified atom stereocenters. The lowest BCUT2D eigenvalue weighted by Gasteiger charge is -2.36. The van der Waals surface area contributed by atoms with E-state index in [1.807, 2.05) is 49.4 Å². The van der Waals surface area contributed by atoms with Crippen molar-refractivity contribution in [2.45, 2.75) is 18.2 Å². The van der Waals surface area contributed by atoms with Crippen molar-refractivity contribution in [1.29, 1.82) is 0 Å². The van der Waals surface area contributed by atoms with Crippen molar-refractivity contribution in [3.8, 4) is 17.1 Å². The van der Waals surface area contributed by atoms with Gasteiger partial charge in [-0.15, -0.1) is 0 Å². The van der Waals surface area contributed by atoms with Gasteiger partial charge in [-0.1, -0.05) is 41.9 Å². The number of rotatable bonds is 7. The predicted molar refractivity (Wildman–Crippen MR) is 150 cm³/mol. The summed E-state index contributed by atoms with van der Waals surface area (Å²) in [5.41, 5.74) is 3.99. The number of ether oxygens (including phenoxy) is 1. The molecule has 0 bridgehead atoms. The lowest BCUT2D eigenvalue weighted by atomic mass is 10.0. The van der Waals surface area contributed by atoms with Crippen LogP contribution in [0.15, 0.2) is 83.8 Å². The number of aromatic nitrogens is 2. The maximum atomic E-state index is 13.3. The van der Waals surface area contributed by atoms with Gasteiger partial charge in [0.25, 0.3) is 0 Å². The van der Waals surface area contributed by atoms with E-state index in [9.17, 15) is 8.42 Å². The molecule has 4 aromatic rings. The summed E-state index contributed by atoms with van der Waals surface area (Å²) < 4.78 is 33.3. The van der Waals surface area contributed by atoms with Gasteiger partial charge in [0.05, 0.1) is 12.0 Å². The SMILES string of the molecule is COc1ccc(S(=O)(=O)N2CCN(c3nc(-c4ccc(Cl)cc4)nc(C)c3Cc3ccccc3)CC2)cc1. The molecule has 0 amide bonds. The van der Waals surface area contributed by atoms with Gasteiger partial charge in [0.15, 0.2) is 5.82 Å². The Balaban J connectivity index is 1.44.